The summed E-state index contributed by atoms with van der Waals surface area (Å²) < 4.78 is 0. The van der Waals surface area contributed by atoms with Crippen LogP contribution in [-0.2, 0) is 20.8 Å². The van der Waals surface area contributed by atoms with Crippen molar-refractivity contribution in [2.24, 2.45) is 5.92 Å². The molecule has 3 rings (SSSR count). The highest BCUT2D eigenvalue weighted by Crippen LogP contribution is 2.32. The van der Waals surface area contributed by atoms with Gasteiger partial charge in [-0.15, -0.1) is 0 Å². The van der Waals surface area contributed by atoms with Crippen molar-refractivity contribution in [2.75, 3.05) is 0 Å². The predicted molar refractivity (Wildman–Crippen MR) is 93.4 cm³/mol. The summed E-state index contributed by atoms with van der Waals surface area (Å²) in [5.74, 6) is -1.88. The van der Waals surface area contributed by atoms with E-state index in [4.69, 9.17) is 0 Å². The fraction of sp³-hybridized carbons (Fsp3) is 0.286. The molecular weight excluding hydrogens is 316 g/mol. The molecule has 1 fully saturated rings. The molecular formula is C21H20O4. The number of hydrogen-bond donors (Lipinski definition) is 1. The molecule has 0 unspecified atom stereocenters. The largest absolute Gasteiger partial charge is 0.508 e. The molecule has 0 saturated heterocycles. The number of benzene rings is 2. The predicted octanol–water partition coefficient (Wildman–Crippen LogP) is 3.23. The van der Waals surface area contributed by atoms with E-state index in [0.29, 0.717) is 6.42 Å². The minimum atomic E-state index is -1.10. The fourth-order valence-electron chi connectivity index (χ4n) is 3.37. The lowest BCUT2D eigenvalue weighted by atomic mass is 9.74. The van der Waals surface area contributed by atoms with Crippen LogP contribution >= 0.6 is 0 Å². The average molecular weight is 336 g/mol. The molecule has 128 valence electrons. The average Bonchev–Trinajstić information content (AvgIpc) is 2.61. The van der Waals surface area contributed by atoms with Crippen LogP contribution in [0.25, 0.3) is 0 Å². The smallest absolute Gasteiger partial charge is 0.151 e. The maximum absolute atomic E-state index is 12.4. The number of Topliss-reactive ketones (excluding diaryl/α,β-unsaturated/α-hetero) is 3. The second-order valence-corrected chi connectivity index (χ2v) is 6.51. The van der Waals surface area contributed by atoms with Gasteiger partial charge in [-0.1, -0.05) is 42.5 Å². The van der Waals surface area contributed by atoms with E-state index >= 15 is 0 Å². The molecule has 1 N–H and O–H groups in total. The monoisotopic (exact) mass is 336 g/mol. The summed E-state index contributed by atoms with van der Waals surface area (Å²) in [6.07, 6.45) is 1.10. The highest BCUT2D eigenvalue weighted by Gasteiger charge is 2.39. The zero-order valence-corrected chi connectivity index (χ0v) is 13.9. The Balaban J connectivity index is 1.62. The van der Waals surface area contributed by atoms with Crippen molar-refractivity contribution in [3.8, 4) is 5.75 Å². The van der Waals surface area contributed by atoms with Crippen molar-refractivity contribution in [3.63, 3.8) is 0 Å². The molecule has 0 aliphatic heterocycles. The summed E-state index contributed by atoms with van der Waals surface area (Å²) in [4.78, 5) is 37.2. The summed E-state index contributed by atoms with van der Waals surface area (Å²) >= 11 is 0. The molecule has 0 heterocycles. The van der Waals surface area contributed by atoms with Crippen LogP contribution in [0.5, 0.6) is 5.75 Å². The van der Waals surface area contributed by atoms with Crippen molar-refractivity contribution < 1.29 is 19.5 Å². The first kappa shape index (κ1) is 17.1. The lowest BCUT2D eigenvalue weighted by molar-refractivity contribution is -0.142. The number of phenolic OH excluding ortho intramolecular Hbond substituents is 1. The van der Waals surface area contributed by atoms with Crippen LogP contribution in [0, 0.1) is 5.92 Å². The standard InChI is InChI=1S/C21H20O4/c22-17-9-6-14(7-10-17)8-11-18(23)21-19(24)12-16(13-20(21)25)15-4-2-1-3-5-15/h1-7,9-10,16,21-22H,8,11-13H2. The molecule has 0 aromatic heterocycles. The van der Waals surface area contributed by atoms with Crippen LogP contribution in [0.1, 0.15) is 36.3 Å². The maximum atomic E-state index is 12.4. The van der Waals surface area contributed by atoms with E-state index in [1.165, 1.54) is 0 Å². The number of phenols is 1. The van der Waals surface area contributed by atoms with Crippen LogP contribution in [0.3, 0.4) is 0 Å². The van der Waals surface area contributed by atoms with Gasteiger partial charge in [0, 0.05) is 19.3 Å². The zero-order chi connectivity index (χ0) is 17.8. The van der Waals surface area contributed by atoms with Crippen LogP contribution in [0.15, 0.2) is 54.6 Å². The number of carbonyl (C=O) groups excluding carboxylic acids is 3. The van der Waals surface area contributed by atoms with Gasteiger partial charge in [0.15, 0.2) is 17.3 Å². The quantitative estimate of drug-likeness (QED) is 0.851. The molecule has 0 spiro atoms. The van der Waals surface area contributed by atoms with Gasteiger partial charge in [0.25, 0.3) is 0 Å². The first-order valence-corrected chi connectivity index (χ1v) is 8.45. The summed E-state index contributed by atoms with van der Waals surface area (Å²) in [6.45, 7) is 0. The fourth-order valence-corrected chi connectivity index (χ4v) is 3.37. The molecule has 4 nitrogen and oxygen atoms in total. The molecule has 4 heteroatoms. The number of ketones is 3. The Morgan fingerprint density at radius 3 is 2.12 bits per heavy atom. The van der Waals surface area contributed by atoms with Crippen LogP contribution in [0.4, 0.5) is 0 Å². The van der Waals surface area contributed by atoms with Gasteiger partial charge in [0.05, 0.1) is 0 Å². The summed E-state index contributed by atoms with van der Waals surface area (Å²) in [5.41, 5.74) is 1.86. The molecule has 0 amide bonds. The second kappa shape index (κ2) is 7.43. The van der Waals surface area contributed by atoms with Crippen molar-refractivity contribution in [1.29, 1.82) is 0 Å². The molecule has 1 saturated carbocycles. The summed E-state index contributed by atoms with van der Waals surface area (Å²) in [6, 6.07) is 16.1. The van der Waals surface area contributed by atoms with E-state index in [-0.39, 0.29) is 48.3 Å². The lowest BCUT2D eigenvalue weighted by Gasteiger charge is -2.26. The number of hydrogen-bond acceptors (Lipinski definition) is 4. The van der Waals surface area contributed by atoms with Crippen molar-refractivity contribution in [3.05, 3.63) is 65.7 Å². The molecule has 1 aliphatic carbocycles. The van der Waals surface area contributed by atoms with Gasteiger partial charge in [-0.25, -0.2) is 0 Å². The van der Waals surface area contributed by atoms with E-state index in [1.54, 1.807) is 24.3 Å². The Hall–Kier alpha value is -2.75. The van der Waals surface area contributed by atoms with E-state index in [1.807, 2.05) is 30.3 Å². The molecule has 25 heavy (non-hydrogen) atoms. The van der Waals surface area contributed by atoms with Crippen LogP contribution < -0.4 is 0 Å². The van der Waals surface area contributed by atoms with Crippen LogP contribution in [-0.4, -0.2) is 22.5 Å². The van der Waals surface area contributed by atoms with E-state index in [2.05, 4.69) is 0 Å². The Morgan fingerprint density at radius 2 is 1.52 bits per heavy atom. The zero-order valence-electron chi connectivity index (χ0n) is 13.9. The lowest BCUT2D eigenvalue weighted by Crippen LogP contribution is -2.38. The number of rotatable bonds is 5. The molecule has 0 radical (unpaired) electrons. The van der Waals surface area contributed by atoms with Gasteiger partial charge in [0.1, 0.15) is 11.7 Å². The summed E-state index contributed by atoms with van der Waals surface area (Å²) in [5, 5.41) is 9.27. The molecule has 0 atom stereocenters. The van der Waals surface area contributed by atoms with Gasteiger partial charge < -0.3 is 5.11 Å². The van der Waals surface area contributed by atoms with Gasteiger partial charge in [-0.05, 0) is 35.6 Å². The third-order valence-corrected chi connectivity index (χ3v) is 4.73. The van der Waals surface area contributed by atoms with E-state index < -0.39 is 5.92 Å². The highest BCUT2D eigenvalue weighted by molar-refractivity contribution is 6.21. The SMILES string of the molecule is O=C(CCc1ccc(O)cc1)C1C(=O)CC(c2ccccc2)CC1=O. The summed E-state index contributed by atoms with van der Waals surface area (Å²) in [7, 11) is 0. The van der Waals surface area contributed by atoms with Crippen LogP contribution in [0.2, 0.25) is 0 Å². The first-order chi connectivity index (χ1) is 12.0. The Kier molecular flexibility index (Phi) is 5.08. The van der Waals surface area contributed by atoms with Crippen molar-refractivity contribution >= 4 is 17.3 Å². The van der Waals surface area contributed by atoms with Crippen molar-refractivity contribution in [1.82, 2.24) is 0 Å². The minimum absolute atomic E-state index is 0.123. The van der Waals surface area contributed by atoms with Gasteiger partial charge >= 0.3 is 0 Å². The van der Waals surface area contributed by atoms with Crippen molar-refractivity contribution in [2.45, 2.75) is 31.6 Å². The van der Waals surface area contributed by atoms with Gasteiger partial charge in [-0.3, -0.25) is 14.4 Å². The highest BCUT2D eigenvalue weighted by atomic mass is 16.3. The molecule has 1 aliphatic rings. The third-order valence-electron chi connectivity index (χ3n) is 4.73. The Bertz CT molecular complexity index is 759. The number of aryl methyl sites for hydroxylation is 1. The Labute approximate surface area is 146 Å². The topological polar surface area (TPSA) is 71.4 Å². The minimum Gasteiger partial charge on any atom is -0.508 e. The number of aromatic hydroxyl groups is 1. The normalized spacial score (nSPS) is 20.5. The van der Waals surface area contributed by atoms with E-state index in [0.717, 1.165) is 11.1 Å². The molecule has 0 bridgehead atoms. The van der Waals surface area contributed by atoms with Gasteiger partial charge in [0.2, 0.25) is 0 Å². The van der Waals surface area contributed by atoms with Gasteiger partial charge in [-0.2, -0.15) is 0 Å². The first-order valence-electron chi connectivity index (χ1n) is 8.45. The van der Waals surface area contributed by atoms with E-state index in [9.17, 15) is 19.5 Å². The third kappa shape index (κ3) is 4.02. The number of carbonyl (C=O) groups is 3. The maximum Gasteiger partial charge on any atom is 0.151 e. The molecule has 2 aromatic carbocycles. The second-order valence-electron chi connectivity index (χ2n) is 6.51. The Morgan fingerprint density at radius 1 is 0.920 bits per heavy atom. The molecule has 2 aromatic rings.